The lowest BCUT2D eigenvalue weighted by Crippen LogP contribution is -2.12. The molecule has 10 rings (SSSR count). The Bertz CT molecular complexity index is 4160. The van der Waals surface area contributed by atoms with Gasteiger partial charge >= 0.3 is 12.4 Å². The first kappa shape index (κ1) is 102. The molecule has 0 amide bonds. The van der Waals surface area contributed by atoms with Crippen LogP contribution in [0.15, 0.2) is 194 Å². The Morgan fingerprint density at radius 2 is 0.598 bits per heavy atom. The van der Waals surface area contributed by atoms with Crippen LogP contribution in [0.4, 0.5) is 65.9 Å². The van der Waals surface area contributed by atoms with Gasteiger partial charge in [0.1, 0.15) is 23.3 Å². The Hall–Kier alpha value is -7.72. The molecule has 610 valence electrons. The van der Waals surface area contributed by atoms with E-state index in [1.807, 2.05) is 102 Å². The van der Waals surface area contributed by atoms with E-state index in [4.69, 9.17) is 51.7 Å². The minimum absolute atomic E-state index is 0.00500. The smallest absolute Gasteiger partial charge is 0.207 e. The fourth-order valence-electron chi connectivity index (χ4n) is 9.08. The minimum atomic E-state index is -4.77. The molecule has 1 nitrogen and oxygen atoms in total. The minimum Gasteiger partial charge on any atom is -0.207 e. The van der Waals surface area contributed by atoms with Crippen molar-refractivity contribution in [3.8, 4) is 6.07 Å². The highest BCUT2D eigenvalue weighted by Crippen LogP contribution is 2.38. The van der Waals surface area contributed by atoms with Gasteiger partial charge in [-0.05, 0) is 237 Å². The van der Waals surface area contributed by atoms with Gasteiger partial charge in [-0.25, -0.2) is 39.5 Å². The van der Waals surface area contributed by atoms with Crippen molar-refractivity contribution in [2.75, 3.05) is 0 Å². The van der Waals surface area contributed by atoms with Crippen molar-refractivity contribution in [1.82, 2.24) is 0 Å². The normalized spacial score (nSPS) is 10.9. The van der Waals surface area contributed by atoms with Gasteiger partial charge in [0.25, 0.3) is 0 Å². The van der Waals surface area contributed by atoms with E-state index in [1.165, 1.54) is 83.4 Å². The molecule has 10 aromatic rings. The van der Waals surface area contributed by atoms with E-state index in [0.29, 0.717) is 61.7 Å². The van der Waals surface area contributed by atoms with Crippen LogP contribution in [0.3, 0.4) is 0 Å². The van der Waals surface area contributed by atoms with Gasteiger partial charge in [0, 0.05) is 26.0 Å². The van der Waals surface area contributed by atoms with Crippen molar-refractivity contribution < 1.29 is 65.9 Å². The number of hydrogen-bond acceptors (Lipinski definition) is 2. The molecule has 0 aliphatic rings. The summed E-state index contributed by atoms with van der Waals surface area (Å²) < 4.78 is 188. The van der Waals surface area contributed by atoms with Gasteiger partial charge in [0.15, 0.2) is 29.1 Å². The SMILES string of the molecule is CC(C)c1cc(C(F)(F)F)cc(C(F)(F)F)c1.CC(C)c1cc(Cl)cc(Cl)c1.CC(C)c1cc(F)c(F)c(F)c1.CC(C)c1cc(F)cc(Cl)c1.CC(C)c1cc(F)cc(F)c1.CC(C)c1ccc(C#N)cc1.CC(C)c1ccc(Cl)s1.CC(C)c1ccc(F)c(F)c1.CC(C)c1ccc(F)cc1.CC(C)c1ccccc1. The molecule has 0 fully saturated rings. The Morgan fingerprint density at radius 1 is 0.277 bits per heavy atom. The molecule has 0 unspecified atom stereocenters. The zero-order chi connectivity index (χ0) is 85.8. The molecule has 0 aliphatic heterocycles. The summed E-state index contributed by atoms with van der Waals surface area (Å²) in [5, 5.41) is 10.4. The van der Waals surface area contributed by atoms with E-state index in [0.717, 1.165) is 57.4 Å². The van der Waals surface area contributed by atoms with Gasteiger partial charge in [0.05, 0.1) is 27.1 Å². The molecular formula is C91H102Cl4F15NS. The van der Waals surface area contributed by atoms with Crippen LogP contribution in [-0.4, -0.2) is 0 Å². The largest absolute Gasteiger partial charge is 0.416 e. The van der Waals surface area contributed by atoms with Gasteiger partial charge in [-0.15, -0.1) is 11.3 Å². The number of alkyl halides is 6. The number of thiophene rings is 1. The molecule has 0 aliphatic carbocycles. The third-order valence-electron chi connectivity index (χ3n) is 16.1. The van der Waals surface area contributed by atoms with Gasteiger partial charge in [0.2, 0.25) is 0 Å². The molecule has 1 aromatic heterocycles. The first-order valence-electron chi connectivity index (χ1n) is 36.2. The standard InChI is InChI=1S/C11H10F6.C10H11N.C9H10Cl2.C9H10ClF.C9H9F3.2C9H10F2.C9H11F.C9H12.C7H9ClS/c1-6(2)7-3-8(10(12,13)14)5-9(4-7)11(15,16)17;1-8(2)10-5-3-9(7-11)4-6-10;2*1-6(2)7-3-8(10)5-9(11)4-7;1-5(2)6-3-7(10)9(12)8(11)4-6;1-6(2)7-3-8(10)5-9(11)4-7;1-6(2)7-3-4-8(10)9(11)5-7;1-7(2)8-3-5-9(10)6-4-8;1-8(2)9-6-4-3-5-7-9;1-5(2)6-3-4-7(8)9-6/h3-6H,1-2H3;3-6,8H,1-2H3;2*3-6H,1-2H3;3-5H,1-2H3;2*3-6H,1-2H3;3-7H,1-2H3;3-8H,1-2H3;3-5H,1-2H3. The quantitative estimate of drug-likeness (QED) is 0.0989. The van der Waals surface area contributed by atoms with Gasteiger partial charge in [-0.1, -0.05) is 246 Å². The second-order valence-corrected chi connectivity index (χ2v) is 31.9. The number of rotatable bonds is 10. The first-order valence-corrected chi connectivity index (χ1v) is 38.5. The third-order valence-corrected chi connectivity index (χ3v) is 18.3. The second-order valence-electron chi connectivity index (χ2n) is 28.8. The number of nitrogens with zero attached hydrogens (tertiary/aromatic N) is 1. The van der Waals surface area contributed by atoms with Crippen molar-refractivity contribution in [3.63, 3.8) is 0 Å². The molecule has 0 saturated heterocycles. The summed E-state index contributed by atoms with van der Waals surface area (Å²) in [5.74, 6) is -3.54. The fraction of sp³-hybridized carbons (Fsp3) is 0.352. The van der Waals surface area contributed by atoms with Crippen LogP contribution in [0, 0.1) is 63.7 Å². The van der Waals surface area contributed by atoms with E-state index >= 15 is 0 Å². The zero-order valence-electron chi connectivity index (χ0n) is 66.8. The average molecular weight is 1670 g/mol. The predicted octanol–water partition coefficient (Wildman–Crippen LogP) is 33.9. The van der Waals surface area contributed by atoms with E-state index in [-0.39, 0.29) is 41.0 Å². The van der Waals surface area contributed by atoms with Crippen LogP contribution in [-0.2, 0) is 12.4 Å². The Kier molecular flexibility index (Phi) is 46.1. The van der Waals surface area contributed by atoms with E-state index in [1.54, 1.807) is 43.4 Å². The van der Waals surface area contributed by atoms with Crippen LogP contribution in [0.25, 0.3) is 0 Å². The topological polar surface area (TPSA) is 23.8 Å². The maximum atomic E-state index is 12.7. The molecule has 0 N–H and O–H groups in total. The lowest BCUT2D eigenvalue weighted by atomic mass is 9.97. The highest BCUT2D eigenvalue weighted by molar-refractivity contribution is 7.16. The molecule has 0 spiro atoms. The number of benzene rings is 9. The summed E-state index contributed by atoms with van der Waals surface area (Å²) in [6.45, 7) is 39.8. The molecule has 0 radical (unpaired) electrons. The summed E-state index contributed by atoms with van der Waals surface area (Å²) in [6, 6.07) is 52.5. The summed E-state index contributed by atoms with van der Waals surface area (Å²) in [4.78, 5) is 1.36. The zero-order valence-corrected chi connectivity index (χ0v) is 70.6. The summed E-state index contributed by atoms with van der Waals surface area (Å²) in [7, 11) is 0. The van der Waals surface area contributed by atoms with E-state index < -0.39 is 70.1 Å². The monoisotopic (exact) mass is 1670 g/mol. The molecular weight excluding hydrogens is 1570 g/mol. The molecule has 9 aromatic carbocycles. The lowest BCUT2D eigenvalue weighted by Gasteiger charge is -2.15. The highest BCUT2D eigenvalue weighted by Gasteiger charge is 2.37. The molecule has 0 bridgehead atoms. The fourth-order valence-corrected chi connectivity index (χ4v) is 10.9. The Morgan fingerprint density at radius 3 is 0.920 bits per heavy atom. The highest BCUT2D eigenvalue weighted by atomic mass is 35.5. The number of nitriles is 1. The maximum Gasteiger partial charge on any atom is 0.416 e. The maximum absolute atomic E-state index is 12.7. The Balaban J connectivity index is 0.000000625. The molecule has 112 heavy (non-hydrogen) atoms. The first-order chi connectivity index (χ1) is 51.9. The number of halogens is 19. The van der Waals surface area contributed by atoms with Crippen LogP contribution < -0.4 is 0 Å². The van der Waals surface area contributed by atoms with Gasteiger partial charge in [-0.2, -0.15) is 31.6 Å². The van der Waals surface area contributed by atoms with Gasteiger partial charge < -0.3 is 0 Å². The van der Waals surface area contributed by atoms with Crippen molar-refractivity contribution in [2.24, 2.45) is 0 Å². The average Bonchev–Trinajstić information content (AvgIpc) is 1.21. The van der Waals surface area contributed by atoms with Crippen LogP contribution in [0.2, 0.25) is 19.4 Å². The van der Waals surface area contributed by atoms with E-state index in [9.17, 15) is 65.9 Å². The van der Waals surface area contributed by atoms with Crippen molar-refractivity contribution in [1.29, 1.82) is 5.26 Å². The van der Waals surface area contributed by atoms with E-state index in [2.05, 4.69) is 106 Å². The summed E-state index contributed by atoms with van der Waals surface area (Å²) in [6.07, 6.45) is -9.55. The summed E-state index contributed by atoms with van der Waals surface area (Å²) in [5.41, 5.74) is 6.20. The number of hydrogen-bond donors (Lipinski definition) is 0. The van der Waals surface area contributed by atoms with Crippen LogP contribution in [0.1, 0.15) is 269 Å². The predicted molar refractivity (Wildman–Crippen MR) is 438 cm³/mol. The third kappa shape index (κ3) is 40.8. The Labute approximate surface area is 678 Å². The molecule has 0 saturated carbocycles. The van der Waals surface area contributed by atoms with Gasteiger partial charge in [-0.3, -0.25) is 0 Å². The van der Waals surface area contributed by atoms with Crippen molar-refractivity contribution >= 4 is 57.7 Å². The van der Waals surface area contributed by atoms with Crippen molar-refractivity contribution in [3.05, 3.63) is 338 Å². The molecule has 1 heterocycles. The van der Waals surface area contributed by atoms with Crippen molar-refractivity contribution in [2.45, 2.75) is 210 Å². The molecule has 21 heteroatoms. The van der Waals surface area contributed by atoms with Crippen LogP contribution >= 0.6 is 57.7 Å². The van der Waals surface area contributed by atoms with Crippen LogP contribution in [0.5, 0.6) is 0 Å². The second kappa shape index (κ2) is 50.5. The lowest BCUT2D eigenvalue weighted by molar-refractivity contribution is -0.143. The summed E-state index contributed by atoms with van der Waals surface area (Å²) >= 11 is 24.7. The molecule has 0 atom stereocenters.